The van der Waals surface area contributed by atoms with Gasteiger partial charge in [0, 0.05) is 38.3 Å². The number of aromatic nitrogens is 2. The number of nitrogens with one attached hydrogen (secondary N) is 3. The van der Waals surface area contributed by atoms with Crippen molar-refractivity contribution in [3.8, 4) is 0 Å². The average molecular weight is 649 g/mol. The first kappa shape index (κ1) is 34.9. The second-order valence-corrected chi connectivity index (χ2v) is 12.5. The molecule has 0 spiro atoms. The van der Waals surface area contributed by atoms with Gasteiger partial charge in [0.2, 0.25) is 17.7 Å². The smallest absolute Gasteiger partial charge is 0.276 e. The van der Waals surface area contributed by atoms with Crippen LogP contribution < -0.4 is 16.0 Å². The maximum atomic E-state index is 15.5. The third-order valence-electron chi connectivity index (χ3n) is 9.19. The number of likely N-dealkylation sites (tertiary alicyclic amines) is 1. The van der Waals surface area contributed by atoms with Gasteiger partial charge in [-0.1, -0.05) is 51.8 Å². The van der Waals surface area contributed by atoms with Crippen molar-refractivity contribution >= 4 is 29.3 Å². The zero-order valence-corrected chi connectivity index (χ0v) is 26.7. The van der Waals surface area contributed by atoms with E-state index in [4.69, 9.17) is 4.63 Å². The molecular formula is C32H43F3N6O5. The Bertz CT molecular complexity index is 1400. The number of carbonyl (C=O) groups excluding carboxylic acids is 4. The zero-order chi connectivity index (χ0) is 33.6. The molecule has 252 valence electrons. The van der Waals surface area contributed by atoms with Gasteiger partial charge in [-0.2, -0.15) is 0 Å². The molecule has 3 atom stereocenters. The summed E-state index contributed by atoms with van der Waals surface area (Å²) in [5.74, 6) is -6.16. The van der Waals surface area contributed by atoms with Crippen molar-refractivity contribution in [3.05, 3.63) is 41.0 Å². The van der Waals surface area contributed by atoms with E-state index in [1.54, 1.807) is 20.8 Å². The number of anilines is 1. The van der Waals surface area contributed by atoms with Crippen molar-refractivity contribution in [1.29, 1.82) is 0 Å². The lowest BCUT2D eigenvalue weighted by Gasteiger charge is -2.36. The van der Waals surface area contributed by atoms with Crippen LogP contribution in [0.15, 0.2) is 22.8 Å². The van der Waals surface area contributed by atoms with Crippen molar-refractivity contribution < 1.29 is 37.0 Å². The average Bonchev–Trinajstić information content (AvgIpc) is 3.52. The molecule has 0 unspecified atom stereocenters. The molecule has 14 heteroatoms. The van der Waals surface area contributed by atoms with Crippen molar-refractivity contribution in [1.82, 2.24) is 25.8 Å². The molecule has 46 heavy (non-hydrogen) atoms. The summed E-state index contributed by atoms with van der Waals surface area (Å²) in [4.78, 5) is 53.7. The minimum absolute atomic E-state index is 0.00784. The van der Waals surface area contributed by atoms with Crippen LogP contribution in [0.1, 0.15) is 100 Å². The number of amides is 4. The summed E-state index contributed by atoms with van der Waals surface area (Å²) in [6.07, 6.45) is 2.72. The van der Waals surface area contributed by atoms with Crippen LogP contribution in [0.25, 0.3) is 0 Å². The lowest BCUT2D eigenvalue weighted by molar-refractivity contribution is -0.142. The minimum Gasteiger partial charge on any atom is -0.344 e. The molecule has 11 nitrogen and oxygen atoms in total. The fourth-order valence-corrected chi connectivity index (χ4v) is 6.08. The van der Waals surface area contributed by atoms with E-state index < -0.39 is 66.2 Å². The van der Waals surface area contributed by atoms with Crippen LogP contribution in [-0.4, -0.2) is 69.9 Å². The van der Waals surface area contributed by atoms with Gasteiger partial charge in [0.15, 0.2) is 5.69 Å². The number of aryl methyl sites for hydroxylation is 1. The van der Waals surface area contributed by atoms with E-state index in [9.17, 15) is 28.0 Å². The van der Waals surface area contributed by atoms with E-state index in [2.05, 4.69) is 33.2 Å². The maximum Gasteiger partial charge on any atom is 0.276 e. The maximum absolute atomic E-state index is 15.5. The molecule has 1 saturated heterocycles. The summed E-state index contributed by atoms with van der Waals surface area (Å²) in [6.45, 7) is 6.88. The molecule has 0 radical (unpaired) electrons. The highest BCUT2D eigenvalue weighted by Crippen LogP contribution is 2.33. The summed E-state index contributed by atoms with van der Waals surface area (Å²) in [5, 5.41) is 15.5. The first-order valence-corrected chi connectivity index (χ1v) is 16.0. The third kappa shape index (κ3) is 8.43. The number of nitrogens with zero attached hydrogens (tertiary/aromatic N) is 3. The number of rotatable bonds is 11. The molecule has 0 bridgehead atoms. The van der Waals surface area contributed by atoms with Gasteiger partial charge >= 0.3 is 0 Å². The van der Waals surface area contributed by atoms with Gasteiger partial charge in [-0.3, -0.25) is 19.2 Å². The van der Waals surface area contributed by atoms with Crippen LogP contribution in [-0.2, 0) is 20.8 Å². The van der Waals surface area contributed by atoms with Gasteiger partial charge in [0.25, 0.3) is 11.8 Å². The van der Waals surface area contributed by atoms with Crippen LogP contribution in [0.5, 0.6) is 0 Å². The van der Waals surface area contributed by atoms with Crippen molar-refractivity contribution in [2.24, 2.45) is 11.8 Å². The number of carbonyl (C=O) groups is 4. The summed E-state index contributed by atoms with van der Waals surface area (Å²) < 4.78 is 47.7. The Morgan fingerprint density at radius 2 is 1.72 bits per heavy atom. The van der Waals surface area contributed by atoms with Crippen LogP contribution in [0.4, 0.5) is 18.9 Å². The molecule has 2 aliphatic rings. The first-order chi connectivity index (χ1) is 21.8. The summed E-state index contributed by atoms with van der Waals surface area (Å²) in [6, 6.07) is 2.00. The SMILES string of the molecule is CCC(=O)N[C@@H](C(=O)N1CCC(F)(F)CC1)[C@@H](C)c1ccc(NC(=O)[C@@H](NC(=O)c2nonc2CC)[C@H]2CC[C@H](C)CC2)c(F)c1. The van der Waals surface area contributed by atoms with E-state index in [1.807, 2.05) is 0 Å². The Morgan fingerprint density at radius 3 is 2.33 bits per heavy atom. The molecule has 1 aliphatic carbocycles. The van der Waals surface area contributed by atoms with Gasteiger partial charge in [-0.15, -0.1) is 0 Å². The van der Waals surface area contributed by atoms with E-state index in [1.165, 1.54) is 23.1 Å². The summed E-state index contributed by atoms with van der Waals surface area (Å²) >= 11 is 0. The molecule has 1 saturated carbocycles. The normalized spacial score (nSPS) is 21.5. The Morgan fingerprint density at radius 1 is 1.04 bits per heavy atom. The molecular weight excluding hydrogens is 605 g/mol. The topological polar surface area (TPSA) is 147 Å². The molecule has 3 N–H and O–H groups in total. The van der Waals surface area contributed by atoms with E-state index in [-0.39, 0.29) is 36.8 Å². The van der Waals surface area contributed by atoms with Gasteiger partial charge in [-0.05, 0) is 54.0 Å². The molecule has 1 aromatic carbocycles. The third-order valence-corrected chi connectivity index (χ3v) is 9.19. The summed E-state index contributed by atoms with van der Waals surface area (Å²) in [7, 11) is 0. The molecule has 1 aliphatic heterocycles. The zero-order valence-electron chi connectivity index (χ0n) is 26.7. The fourth-order valence-electron chi connectivity index (χ4n) is 6.08. The number of hydrogen-bond donors (Lipinski definition) is 3. The highest BCUT2D eigenvalue weighted by atomic mass is 19.3. The molecule has 2 heterocycles. The van der Waals surface area contributed by atoms with Gasteiger partial charge in [-0.25, -0.2) is 17.8 Å². The second kappa shape index (κ2) is 15.1. The molecule has 2 fully saturated rings. The first-order valence-electron chi connectivity index (χ1n) is 16.0. The van der Waals surface area contributed by atoms with Crippen molar-refractivity contribution in [3.63, 3.8) is 0 Å². The van der Waals surface area contributed by atoms with Gasteiger partial charge < -0.3 is 20.9 Å². The lowest BCUT2D eigenvalue weighted by Crippen LogP contribution is -2.53. The van der Waals surface area contributed by atoms with Crippen LogP contribution >= 0.6 is 0 Å². The minimum atomic E-state index is -2.85. The van der Waals surface area contributed by atoms with Gasteiger partial charge in [0.1, 0.15) is 23.6 Å². The number of benzene rings is 1. The van der Waals surface area contributed by atoms with Crippen molar-refractivity contribution in [2.75, 3.05) is 18.4 Å². The Kier molecular flexibility index (Phi) is 11.4. The van der Waals surface area contributed by atoms with E-state index in [0.29, 0.717) is 36.4 Å². The monoisotopic (exact) mass is 648 g/mol. The largest absolute Gasteiger partial charge is 0.344 e. The highest BCUT2D eigenvalue weighted by molar-refractivity contribution is 6.01. The molecule has 4 amide bonds. The van der Waals surface area contributed by atoms with E-state index >= 15 is 4.39 Å². The molecule has 1 aromatic heterocycles. The van der Waals surface area contributed by atoms with Crippen LogP contribution in [0.2, 0.25) is 0 Å². The number of hydrogen-bond acceptors (Lipinski definition) is 7. The molecule has 4 rings (SSSR count). The predicted octanol–water partition coefficient (Wildman–Crippen LogP) is 4.59. The molecule has 2 aromatic rings. The number of halogens is 3. The Hall–Kier alpha value is -3.97. The lowest BCUT2D eigenvalue weighted by atomic mass is 9.79. The van der Waals surface area contributed by atoms with E-state index in [0.717, 1.165) is 12.8 Å². The predicted molar refractivity (Wildman–Crippen MR) is 162 cm³/mol. The van der Waals surface area contributed by atoms with Crippen LogP contribution in [0, 0.1) is 17.7 Å². The summed E-state index contributed by atoms with van der Waals surface area (Å²) in [5.41, 5.74) is 0.589. The quantitative estimate of drug-likeness (QED) is 0.323. The highest BCUT2D eigenvalue weighted by Gasteiger charge is 2.39. The Labute approximate surface area is 266 Å². The van der Waals surface area contributed by atoms with Crippen molar-refractivity contribution in [2.45, 2.75) is 103 Å². The number of piperidine rings is 1. The van der Waals surface area contributed by atoms with Gasteiger partial charge in [0.05, 0.1) is 5.69 Å². The Balaban J connectivity index is 1.52. The standard InChI is InChI=1S/C32H43F3N6O5/c1-5-23-28(40-46-39-23)30(44)38-27(20-9-7-18(3)8-10-20)29(43)36-24-12-11-21(17-22(24)33)19(4)26(37-25(42)6-2)31(45)41-15-13-32(34,35)14-16-41/h11-12,17-20,26-27H,5-10,13-16H2,1-4H3,(H,36,43)(H,37,42)(H,38,44)/t18-,19-,20-,26+,27-/m0/s1. The fraction of sp³-hybridized carbons (Fsp3) is 0.625. The second-order valence-electron chi connectivity index (χ2n) is 12.5. The van der Waals surface area contributed by atoms with Crippen LogP contribution in [0.3, 0.4) is 0 Å². The number of alkyl halides is 2.